The molecule has 5 N–H and O–H groups in total. The topological polar surface area (TPSA) is 120 Å². The van der Waals surface area contributed by atoms with Gasteiger partial charge in [0.05, 0.1) is 13.2 Å². The molecule has 2 rings (SSSR count). The van der Waals surface area contributed by atoms with Crippen LogP contribution >= 0.6 is 0 Å². The fourth-order valence-electron chi connectivity index (χ4n) is 1.72. The molecule has 7 nitrogen and oxygen atoms in total. The average molecular weight is 306 g/mol. The van der Waals surface area contributed by atoms with Gasteiger partial charge in [0.15, 0.2) is 0 Å². The van der Waals surface area contributed by atoms with Crippen molar-refractivity contribution in [3.63, 3.8) is 0 Å². The zero-order valence-electron chi connectivity index (χ0n) is 11.5. The zero-order valence-corrected chi connectivity index (χ0v) is 11.5. The summed E-state index contributed by atoms with van der Waals surface area (Å²) in [6.45, 7) is -0.260. The van der Waals surface area contributed by atoms with E-state index in [1.807, 2.05) is 0 Å². The molecule has 0 radical (unpaired) electrons. The van der Waals surface area contributed by atoms with Crippen molar-refractivity contribution >= 4 is 7.32 Å². The number of rotatable bonds is 6. The number of hydrogen-bond donors (Lipinski definition) is 5. The molecule has 0 bridgehead atoms. The van der Waals surface area contributed by atoms with E-state index in [9.17, 15) is 15.2 Å². The molecule has 0 spiro atoms. The van der Waals surface area contributed by atoms with Gasteiger partial charge in [0.25, 0.3) is 0 Å². The Balaban J connectivity index is 1.84. The summed E-state index contributed by atoms with van der Waals surface area (Å²) in [6, 6.07) is 7.95. The minimum atomic E-state index is -1.57. The number of phenolic OH excluding ortho intramolecular Hbond substituents is 4. The van der Waals surface area contributed by atoms with Gasteiger partial charge in [-0.05, 0) is 24.3 Å². The Labute approximate surface area is 126 Å². The van der Waals surface area contributed by atoms with Crippen LogP contribution < -0.4 is 0 Å². The molecule has 0 aliphatic rings. The van der Waals surface area contributed by atoms with Crippen molar-refractivity contribution in [3.05, 3.63) is 47.5 Å². The molecule has 0 amide bonds. The van der Waals surface area contributed by atoms with Gasteiger partial charge in [-0.1, -0.05) is 0 Å². The van der Waals surface area contributed by atoms with E-state index in [2.05, 4.69) is 0 Å². The van der Waals surface area contributed by atoms with E-state index >= 15 is 0 Å². The second-order valence-corrected chi connectivity index (χ2v) is 4.56. The highest BCUT2D eigenvalue weighted by Crippen LogP contribution is 2.24. The van der Waals surface area contributed by atoms with Gasteiger partial charge in [0.2, 0.25) is 0 Å². The first-order chi connectivity index (χ1) is 10.5. The molecule has 0 saturated heterocycles. The van der Waals surface area contributed by atoms with Gasteiger partial charge >= 0.3 is 7.32 Å². The van der Waals surface area contributed by atoms with Crippen LogP contribution in [0.4, 0.5) is 0 Å². The van der Waals surface area contributed by atoms with Gasteiger partial charge in [0.1, 0.15) is 23.0 Å². The fraction of sp³-hybridized carbons (Fsp3) is 0.143. The summed E-state index contributed by atoms with van der Waals surface area (Å²) in [7, 11) is -1.57. The Bertz CT molecular complexity index is 592. The van der Waals surface area contributed by atoms with Crippen LogP contribution in [-0.2, 0) is 22.5 Å². The first kappa shape index (κ1) is 16.0. The highest BCUT2D eigenvalue weighted by Gasteiger charge is 2.18. The van der Waals surface area contributed by atoms with Crippen molar-refractivity contribution in [2.45, 2.75) is 13.2 Å². The first-order valence-corrected chi connectivity index (χ1v) is 6.38. The molecule has 0 aromatic heterocycles. The zero-order chi connectivity index (χ0) is 16.1. The number of hydrogen-bond acceptors (Lipinski definition) is 7. The molecule has 0 fully saturated rings. The van der Waals surface area contributed by atoms with Gasteiger partial charge in [-0.2, -0.15) is 0 Å². The third kappa shape index (κ3) is 4.29. The highest BCUT2D eigenvalue weighted by atomic mass is 16.7. The third-order valence-corrected chi connectivity index (χ3v) is 2.90. The summed E-state index contributed by atoms with van der Waals surface area (Å²) in [4.78, 5) is 0. The van der Waals surface area contributed by atoms with E-state index in [-0.39, 0.29) is 36.2 Å². The van der Waals surface area contributed by atoms with Crippen molar-refractivity contribution in [2.24, 2.45) is 0 Å². The van der Waals surface area contributed by atoms with E-state index in [0.29, 0.717) is 11.1 Å². The van der Waals surface area contributed by atoms with Gasteiger partial charge < -0.3 is 34.8 Å². The smallest absolute Gasteiger partial charge is 0.508 e. The maximum atomic E-state index is 9.56. The lowest BCUT2D eigenvalue weighted by molar-refractivity contribution is 0.118. The molecule has 0 atom stereocenters. The summed E-state index contributed by atoms with van der Waals surface area (Å²) in [5, 5.41) is 47.0. The van der Waals surface area contributed by atoms with Gasteiger partial charge in [-0.25, -0.2) is 0 Å². The third-order valence-electron chi connectivity index (χ3n) is 2.90. The number of benzene rings is 2. The average Bonchev–Trinajstić information content (AvgIpc) is 2.45. The first-order valence-electron chi connectivity index (χ1n) is 6.38. The predicted molar refractivity (Wildman–Crippen MR) is 77.1 cm³/mol. The maximum absolute atomic E-state index is 9.56. The molecule has 22 heavy (non-hydrogen) atoms. The van der Waals surface area contributed by atoms with Crippen LogP contribution in [0, 0.1) is 0 Å². The molecule has 0 saturated carbocycles. The van der Waals surface area contributed by atoms with Crippen LogP contribution in [0.2, 0.25) is 0 Å². The minimum absolute atomic E-state index is 0.0825. The Kier molecular flexibility index (Phi) is 5.10. The van der Waals surface area contributed by atoms with Crippen LogP contribution in [-0.4, -0.2) is 32.8 Å². The lowest BCUT2D eigenvalue weighted by atomic mass is 10.1. The molecule has 0 aliphatic heterocycles. The normalized spacial score (nSPS) is 10.6. The molecule has 2 aromatic rings. The molecule has 8 heteroatoms. The van der Waals surface area contributed by atoms with Crippen molar-refractivity contribution in [2.75, 3.05) is 0 Å². The van der Waals surface area contributed by atoms with Crippen molar-refractivity contribution < 1.29 is 34.8 Å². The van der Waals surface area contributed by atoms with Crippen LogP contribution in [0.5, 0.6) is 23.0 Å². The second kappa shape index (κ2) is 7.03. The van der Waals surface area contributed by atoms with Gasteiger partial charge in [-0.15, -0.1) is 0 Å². The van der Waals surface area contributed by atoms with E-state index < -0.39 is 7.32 Å². The molecule has 0 unspecified atom stereocenters. The summed E-state index contributed by atoms with van der Waals surface area (Å²) < 4.78 is 9.99. The van der Waals surface area contributed by atoms with Crippen molar-refractivity contribution in [1.29, 1.82) is 0 Å². The molecule has 0 heterocycles. The van der Waals surface area contributed by atoms with E-state index in [1.54, 1.807) is 0 Å². The maximum Gasteiger partial charge on any atom is 0.637 e. The number of aromatic hydroxyl groups is 4. The summed E-state index contributed by atoms with van der Waals surface area (Å²) in [6.07, 6.45) is 0. The quantitative estimate of drug-likeness (QED) is 0.509. The summed E-state index contributed by atoms with van der Waals surface area (Å²) >= 11 is 0. The van der Waals surface area contributed by atoms with E-state index in [1.165, 1.54) is 24.3 Å². The lowest BCUT2D eigenvalue weighted by Crippen LogP contribution is -2.22. The summed E-state index contributed by atoms with van der Waals surface area (Å²) in [5.41, 5.74) is 0.737. The predicted octanol–water partition coefficient (Wildman–Crippen LogP) is 1.22. The summed E-state index contributed by atoms with van der Waals surface area (Å²) in [5.74, 6) is -0.492. The molecular weight excluding hydrogens is 291 g/mol. The van der Waals surface area contributed by atoms with Crippen LogP contribution in [0.25, 0.3) is 0 Å². The molecular formula is C14H15BO7. The Morgan fingerprint density at radius 1 is 0.727 bits per heavy atom. The second-order valence-electron chi connectivity index (χ2n) is 4.56. The minimum Gasteiger partial charge on any atom is -0.508 e. The highest BCUT2D eigenvalue weighted by molar-refractivity contribution is 6.34. The van der Waals surface area contributed by atoms with Gasteiger partial charge in [-0.3, -0.25) is 0 Å². The standard InChI is InChI=1S/C14H15BO7/c16-11-3-1-9(13(18)5-11)7-21-15(20)22-8-10-2-4-12(17)6-14(10)19/h1-6,16-20H,7-8H2. The van der Waals surface area contributed by atoms with Crippen LogP contribution in [0.1, 0.15) is 11.1 Å². The Hall–Kier alpha value is -2.42. The van der Waals surface area contributed by atoms with E-state index in [0.717, 1.165) is 12.1 Å². The molecule has 0 aliphatic carbocycles. The van der Waals surface area contributed by atoms with E-state index in [4.69, 9.17) is 19.5 Å². The van der Waals surface area contributed by atoms with Crippen LogP contribution in [0.3, 0.4) is 0 Å². The van der Waals surface area contributed by atoms with Crippen LogP contribution in [0.15, 0.2) is 36.4 Å². The Morgan fingerprint density at radius 3 is 1.50 bits per heavy atom. The van der Waals surface area contributed by atoms with Crippen molar-refractivity contribution in [3.8, 4) is 23.0 Å². The lowest BCUT2D eigenvalue weighted by Gasteiger charge is -2.11. The Morgan fingerprint density at radius 2 is 1.14 bits per heavy atom. The largest absolute Gasteiger partial charge is 0.637 e. The fourth-order valence-corrected chi connectivity index (χ4v) is 1.72. The SMILES string of the molecule is OB(OCc1ccc(O)cc1O)OCc1ccc(O)cc1O. The monoisotopic (exact) mass is 306 g/mol. The molecule has 2 aromatic carbocycles. The van der Waals surface area contributed by atoms with Gasteiger partial charge in [0, 0.05) is 23.3 Å². The number of phenols is 4. The molecule has 116 valence electrons. The van der Waals surface area contributed by atoms with Crippen molar-refractivity contribution in [1.82, 2.24) is 0 Å².